The average molecular weight is 342 g/mol. The van der Waals surface area contributed by atoms with Crippen molar-refractivity contribution in [1.82, 2.24) is 0 Å². The van der Waals surface area contributed by atoms with Crippen LogP contribution in [-0.4, -0.2) is 18.7 Å². The van der Waals surface area contributed by atoms with Gasteiger partial charge >= 0.3 is 0 Å². The lowest BCUT2D eigenvalue weighted by atomic mass is 9.97. The van der Waals surface area contributed by atoms with E-state index in [2.05, 4.69) is 39.8 Å². The Hall–Kier alpha value is -2.16. The van der Waals surface area contributed by atoms with E-state index in [1.54, 1.807) is 0 Å². The molecule has 0 amide bonds. The molecule has 0 saturated carbocycles. The van der Waals surface area contributed by atoms with E-state index in [1.807, 2.05) is 6.08 Å². The maximum Gasteiger partial charge on any atom is 0.220 e. The minimum atomic E-state index is -0.238. The average Bonchev–Trinajstić information content (AvgIpc) is 2.55. The zero-order chi connectivity index (χ0) is 18.8. The molecular formula is C22H30O3. The molecule has 0 radical (unpaired) electrons. The van der Waals surface area contributed by atoms with Crippen molar-refractivity contribution in [2.75, 3.05) is 7.11 Å². The first-order valence-electron chi connectivity index (χ1n) is 8.83. The molecule has 0 unspecified atom stereocenters. The van der Waals surface area contributed by atoms with Crippen LogP contribution in [0.3, 0.4) is 0 Å². The summed E-state index contributed by atoms with van der Waals surface area (Å²) in [5.74, 6) is -0.208. The summed E-state index contributed by atoms with van der Waals surface area (Å²) in [6, 6.07) is 0. The van der Waals surface area contributed by atoms with E-state index in [0.717, 1.165) is 25.7 Å². The topological polar surface area (TPSA) is 43.4 Å². The van der Waals surface area contributed by atoms with Crippen LogP contribution in [0.15, 0.2) is 58.4 Å². The lowest BCUT2D eigenvalue weighted by Gasteiger charge is -2.12. The Morgan fingerprint density at radius 1 is 0.880 bits per heavy atom. The summed E-state index contributed by atoms with van der Waals surface area (Å²) < 4.78 is 5.10. The minimum Gasteiger partial charge on any atom is -0.492 e. The number of methoxy groups -OCH3 is 1. The van der Waals surface area contributed by atoms with Crippen LogP contribution in [0.5, 0.6) is 0 Å². The molecule has 0 aliphatic heterocycles. The SMILES string of the molecule is COC1=C(CC=C(C)CCC=C(C)CCC=C(C)C)C(=O)C=CC1=O. The van der Waals surface area contributed by atoms with Crippen molar-refractivity contribution in [2.45, 2.75) is 59.8 Å². The van der Waals surface area contributed by atoms with Crippen LogP contribution in [0.1, 0.15) is 59.8 Å². The van der Waals surface area contributed by atoms with Crippen LogP contribution >= 0.6 is 0 Å². The molecule has 3 nitrogen and oxygen atoms in total. The third-order valence-corrected chi connectivity index (χ3v) is 4.16. The van der Waals surface area contributed by atoms with Gasteiger partial charge in [-0.05, 0) is 72.0 Å². The van der Waals surface area contributed by atoms with Crippen LogP contribution in [-0.2, 0) is 14.3 Å². The summed E-state index contributed by atoms with van der Waals surface area (Å²) in [6.07, 6.45) is 13.7. The number of ketones is 2. The van der Waals surface area contributed by atoms with Crippen molar-refractivity contribution in [3.05, 3.63) is 58.4 Å². The number of carbonyl (C=O) groups excluding carboxylic acids is 2. The van der Waals surface area contributed by atoms with E-state index in [4.69, 9.17) is 4.74 Å². The van der Waals surface area contributed by atoms with Gasteiger partial charge in [0.05, 0.1) is 7.11 Å². The molecule has 0 aromatic heterocycles. The predicted molar refractivity (Wildman–Crippen MR) is 103 cm³/mol. The third-order valence-electron chi connectivity index (χ3n) is 4.16. The Bertz CT molecular complexity index is 651. The molecule has 136 valence electrons. The van der Waals surface area contributed by atoms with E-state index in [1.165, 1.54) is 36.0 Å². The summed E-state index contributed by atoms with van der Waals surface area (Å²) in [5, 5.41) is 0. The number of hydrogen-bond acceptors (Lipinski definition) is 3. The zero-order valence-electron chi connectivity index (χ0n) is 16.1. The molecule has 0 atom stereocenters. The Morgan fingerprint density at radius 2 is 1.44 bits per heavy atom. The minimum absolute atomic E-state index is 0.143. The molecule has 0 bridgehead atoms. The van der Waals surface area contributed by atoms with Crippen molar-refractivity contribution in [3.8, 4) is 0 Å². The molecule has 0 saturated heterocycles. The fourth-order valence-electron chi connectivity index (χ4n) is 2.62. The second-order valence-corrected chi connectivity index (χ2v) is 6.74. The normalized spacial score (nSPS) is 15.7. The molecule has 1 rings (SSSR count). The summed E-state index contributed by atoms with van der Waals surface area (Å²) in [6.45, 7) is 8.48. The van der Waals surface area contributed by atoms with Crippen LogP contribution < -0.4 is 0 Å². The molecule has 1 aliphatic rings. The Labute approximate surface area is 151 Å². The van der Waals surface area contributed by atoms with Crippen molar-refractivity contribution in [2.24, 2.45) is 0 Å². The number of rotatable bonds is 9. The van der Waals surface area contributed by atoms with Gasteiger partial charge in [0.25, 0.3) is 0 Å². The zero-order valence-corrected chi connectivity index (χ0v) is 16.1. The third kappa shape index (κ3) is 7.51. The molecule has 0 spiro atoms. The first kappa shape index (κ1) is 20.9. The predicted octanol–water partition coefficient (Wildman–Crippen LogP) is 5.40. The fourth-order valence-corrected chi connectivity index (χ4v) is 2.62. The highest BCUT2D eigenvalue weighted by Crippen LogP contribution is 2.20. The maximum absolute atomic E-state index is 12.0. The van der Waals surface area contributed by atoms with Crippen molar-refractivity contribution in [3.63, 3.8) is 0 Å². The van der Waals surface area contributed by atoms with E-state index >= 15 is 0 Å². The number of hydrogen-bond donors (Lipinski definition) is 0. The Kier molecular flexibility index (Phi) is 8.90. The highest BCUT2D eigenvalue weighted by Gasteiger charge is 2.22. The first-order chi connectivity index (χ1) is 11.8. The summed E-state index contributed by atoms with van der Waals surface area (Å²) >= 11 is 0. The van der Waals surface area contributed by atoms with Gasteiger partial charge in [-0.25, -0.2) is 0 Å². The summed E-state index contributed by atoms with van der Waals surface area (Å²) in [4.78, 5) is 23.7. The van der Waals surface area contributed by atoms with Crippen LogP contribution in [0.4, 0.5) is 0 Å². The number of allylic oxidation sites excluding steroid dienone is 9. The van der Waals surface area contributed by atoms with E-state index in [-0.39, 0.29) is 17.3 Å². The Balaban J connectivity index is 2.54. The van der Waals surface area contributed by atoms with Gasteiger partial charge in [0, 0.05) is 5.57 Å². The maximum atomic E-state index is 12.0. The van der Waals surface area contributed by atoms with Crippen LogP contribution in [0.25, 0.3) is 0 Å². The molecule has 25 heavy (non-hydrogen) atoms. The lowest BCUT2D eigenvalue weighted by molar-refractivity contribution is -0.117. The van der Waals surface area contributed by atoms with E-state index in [9.17, 15) is 9.59 Å². The molecule has 0 fully saturated rings. The molecule has 3 heteroatoms. The smallest absolute Gasteiger partial charge is 0.220 e. The van der Waals surface area contributed by atoms with Crippen LogP contribution in [0.2, 0.25) is 0 Å². The van der Waals surface area contributed by atoms with Gasteiger partial charge in [0.1, 0.15) is 0 Å². The van der Waals surface area contributed by atoms with Gasteiger partial charge < -0.3 is 4.74 Å². The summed E-state index contributed by atoms with van der Waals surface area (Å²) in [7, 11) is 1.43. The molecule has 0 N–H and O–H groups in total. The number of carbonyl (C=O) groups is 2. The van der Waals surface area contributed by atoms with Gasteiger partial charge in [0.15, 0.2) is 11.5 Å². The number of ether oxygens (including phenoxy) is 1. The first-order valence-corrected chi connectivity index (χ1v) is 8.83. The fraction of sp³-hybridized carbons (Fsp3) is 0.455. The molecule has 0 heterocycles. The van der Waals surface area contributed by atoms with E-state index in [0.29, 0.717) is 12.0 Å². The quantitative estimate of drug-likeness (QED) is 0.416. The molecule has 0 aromatic carbocycles. The van der Waals surface area contributed by atoms with Crippen molar-refractivity contribution < 1.29 is 14.3 Å². The highest BCUT2D eigenvalue weighted by atomic mass is 16.5. The largest absolute Gasteiger partial charge is 0.492 e. The highest BCUT2D eigenvalue weighted by molar-refractivity contribution is 6.19. The van der Waals surface area contributed by atoms with E-state index < -0.39 is 0 Å². The van der Waals surface area contributed by atoms with Gasteiger partial charge in [0.2, 0.25) is 5.78 Å². The molecular weight excluding hydrogens is 312 g/mol. The second-order valence-electron chi connectivity index (χ2n) is 6.74. The standard InChI is InChI=1S/C22H30O3/c1-16(2)8-6-9-17(3)10-7-11-18(4)12-13-19-20(23)14-15-21(24)22(19)25-5/h8,10,12,14-15H,6-7,9,11,13H2,1-5H3. The monoisotopic (exact) mass is 342 g/mol. The molecule has 0 aromatic rings. The summed E-state index contributed by atoms with van der Waals surface area (Å²) in [5.41, 5.74) is 4.43. The van der Waals surface area contributed by atoms with Crippen molar-refractivity contribution >= 4 is 11.6 Å². The lowest BCUT2D eigenvalue weighted by Crippen LogP contribution is -2.15. The van der Waals surface area contributed by atoms with Gasteiger partial charge in [-0.15, -0.1) is 0 Å². The van der Waals surface area contributed by atoms with Crippen LogP contribution in [0, 0.1) is 0 Å². The van der Waals surface area contributed by atoms with Crippen molar-refractivity contribution in [1.29, 1.82) is 0 Å². The second kappa shape index (κ2) is 10.7. The van der Waals surface area contributed by atoms with Gasteiger partial charge in [-0.2, -0.15) is 0 Å². The molecule has 1 aliphatic carbocycles. The Morgan fingerprint density at radius 3 is 2.04 bits per heavy atom. The van der Waals surface area contributed by atoms with Gasteiger partial charge in [-0.1, -0.05) is 34.9 Å². The van der Waals surface area contributed by atoms with Gasteiger partial charge in [-0.3, -0.25) is 9.59 Å².